The number of carbonyl (C=O) groups is 1. The molecule has 0 unspecified atom stereocenters. The smallest absolute Gasteiger partial charge is 0.261 e. The molecule has 1 heterocycles. The van der Waals surface area contributed by atoms with Gasteiger partial charge in [0.05, 0.1) is 4.90 Å². The Morgan fingerprint density at radius 1 is 1.28 bits per heavy atom. The SMILES string of the molecule is CC[C@H](C(=O)NO)N(Cc1cccnc1)S(=O)(=O)c1ccc(O)cc1. The minimum atomic E-state index is -4.06. The average Bonchev–Trinajstić information content (AvgIpc) is 2.62. The molecule has 9 heteroatoms. The summed E-state index contributed by atoms with van der Waals surface area (Å²) in [7, 11) is -4.06. The summed E-state index contributed by atoms with van der Waals surface area (Å²) in [5, 5.41) is 18.3. The van der Waals surface area contributed by atoms with E-state index in [0.717, 1.165) is 4.31 Å². The van der Waals surface area contributed by atoms with E-state index in [1.54, 1.807) is 25.3 Å². The number of sulfonamides is 1. The maximum absolute atomic E-state index is 13.0. The molecule has 8 nitrogen and oxygen atoms in total. The van der Waals surface area contributed by atoms with Crippen molar-refractivity contribution in [2.75, 3.05) is 0 Å². The highest BCUT2D eigenvalue weighted by molar-refractivity contribution is 7.89. The predicted molar refractivity (Wildman–Crippen MR) is 89.1 cm³/mol. The van der Waals surface area contributed by atoms with Crippen molar-refractivity contribution in [1.82, 2.24) is 14.8 Å². The fourth-order valence-electron chi connectivity index (χ4n) is 2.38. The van der Waals surface area contributed by atoms with Crippen molar-refractivity contribution in [2.45, 2.75) is 30.8 Å². The highest BCUT2D eigenvalue weighted by Gasteiger charge is 2.35. The van der Waals surface area contributed by atoms with Crippen molar-refractivity contribution in [3.63, 3.8) is 0 Å². The summed E-state index contributed by atoms with van der Waals surface area (Å²) in [6.07, 6.45) is 3.22. The predicted octanol–water partition coefficient (Wildman–Crippen LogP) is 1.26. The maximum Gasteiger partial charge on any atom is 0.261 e. The second-order valence-corrected chi connectivity index (χ2v) is 7.20. The molecule has 0 saturated carbocycles. The van der Waals surface area contributed by atoms with Crippen LogP contribution in [0.25, 0.3) is 0 Å². The minimum Gasteiger partial charge on any atom is -0.508 e. The van der Waals surface area contributed by atoms with Crippen molar-refractivity contribution < 1.29 is 23.5 Å². The first-order valence-corrected chi connectivity index (χ1v) is 8.98. The Kier molecular flexibility index (Phi) is 6.07. The summed E-state index contributed by atoms with van der Waals surface area (Å²) < 4.78 is 27.1. The van der Waals surface area contributed by atoms with E-state index in [-0.39, 0.29) is 23.6 Å². The van der Waals surface area contributed by atoms with Gasteiger partial charge < -0.3 is 5.11 Å². The first-order valence-electron chi connectivity index (χ1n) is 7.54. The summed E-state index contributed by atoms with van der Waals surface area (Å²) in [5.41, 5.74) is 2.11. The maximum atomic E-state index is 13.0. The Labute approximate surface area is 145 Å². The Hall–Kier alpha value is -2.49. The largest absolute Gasteiger partial charge is 0.508 e. The molecule has 1 aromatic heterocycles. The van der Waals surface area contributed by atoms with Crippen LogP contribution in [0.1, 0.15) is 18.9 Å². The lowest BCUT2D eigenvalue weighted by molar-refractivity contribution is -0.133. The van der Waals surface area contributed by atoms with Gasteiger partial charge in [0.15, 0.2) is 0 Å². The van der Waals surface area contributed by atoms with Gasteiger partial charge >= 0.3 is 0 Å². The van der Waals surface area contributed by atoms with E-state index in [9.17, 15) is 18.3 Å². The summed E-state index contributed by atoms with van der Waals surface area (Å²) in [6.45, 7) is 1.55. The second kappa shape index (κ2) is 8.06. The second-order valence-electron chi connectivity index (χ2n) is 5.31. The van der Waals surface area contributed by atoms with E-state index in [2.05, 4.69) is 4.98 Å². The molecule has 1 aromatic carbocycles. The normalized spacial score (nSPS) is 12.8. The fraction of sp³-hybridized carbons (Fsp3) is 0.250. The standard InChI is InChI=1S/C16H19N3O5S/c1-2-15(16(21)18-22)19(11-12-4-3-9-17-10-12)25(23,24)14-7-5-13(20)6-8-14/h3-10,15,20,22H,2,11H2,1H3,(H,18,21)/t15-/m1/s1. The molecule has 0 saturated heterocycles. The molecule has 1 amide bonds. The van der Waals surface area contributed by atoms with Gasteiger partial charge in [0, 0.05) is 18.9 Å². The molecule has 2 rings (SSSR count). The zero-order chi connectivity index (χ0) is 18.4. The van der Waals surface area contributed by atoms with Crippen LogP contribution in [0, 0.1) is 0 Å². The molecule has 134 valence electrons. The van der Waals surface area contributed by atoms with Crippen LogP contribution in [0.3, 0.4) is 0 Å². The van der Waals surface area contributed by atoms with Crippen molar-refractivity contribution in [2.24, 2.45) is 0 Å². The third-order valence-electron chi connectivity index (χ3n) is 3.65. The summed E-state index contributed by atoms with van der Waals surface area (Å²) >= 11 is 0. The number of benzene rings is 1. The number of nitrogens with one attached hydrogen (secondary N) is 1. The number of carbonyl (C=O) groups excluding carboxylic acids is 1. The minimum absolute atomic E-state index is 0.0709. The molecule has 0 aliphatic carbocycles. The van der Waals surface area contributed by atoms with Crippen molar-refractivity contribution >= 4 is 15.9 Å². The van der Waals surface area contributed by atoms with E-state index in [4.69, 9.17) is 5.21 Å². The van der Waals surface area contributed by atoms with Crippen molar-refractivity contribution in [3.8, 4) is 5.75 Å². The molecule has 3 N–H and O–H groups in total. The third kappa shape index (κ3) is 4.32. The number of rotatable bonds is 7. The van der Waals surface area contributed by atoms with Crippen LogP contribution in [0.4, 0.5) is 0 Å². The Morgan fingerprint density at radius 2 is 1.96 bits per heavy atom. The molecule has 0 aliphatic rings. The lowest BCUT2D eigenvalue weighted by atomic mass is 10.2. The van der Waals surface area contributed by atoms with Crippen molar-refractivity contribution in [3.05, 3.63) is 54.4 Å². The van der Waals surface area contributed by atoms with E-state index in [1.165, 1.54) is 35.9 Å². The number of nitrogens with zero attached hydrogens (tertiary/aromatic N) is 2. The highest BCUT2D eigenvalue weighted by atomic mass is 32.2. The van der Waals surface area contributed by atoms with Crippen LogP contribution in [0.15, 0.2) is 53.7 Å². The number of phenols is 1. The quantitative estimate of drug-likeness (QED) is 0.502. The number of hydrogen-bond donors (Lipinski definition) is 3. The van der Waals surface area contributed by atoms with Gasteiger partial charge in [-0.05, 0) is 42.3 Å². The number of aromatic nitrogens is 1. The van der Waals surface area contributed by atoms with Crippen LogP contribution in [0.2, 0.25) is 0 Å². The van der Waals surface area contributed by atoms with Gasteiger partial charge in [-0.1, -0.05) is 13.0 Å². The first-order chi connectivity index (χ1) is 11.9. The summed E-state index contributed by atoms with van der Waals surface area (Å²) in [4.78, 5) is 15.9. The van der Waals surface area contributed by atoms with Crippen LogP contribution in [-0.4, -0.2) is 40.0 Å². The molecular weight excluding hydrogens is 346 g/mol. The topological polar surface area (TPSA) is 120 Å². The molecule has 0 aliphatic heterocycles. The molecule has 1 atom stereocenters. The first kappa shape index (κ1) is 18.8. The van der Waals surface area contributed by atoms with Gasteiger partial charge in [0.1, 0.15) is 11.8 Å². The third-order valence-corrected chi connectivity index (χ3v) is 5.52. The number of amides is 1. The summed E-state index contributed by atoms with van der Waals surface area (Å²) in [5.74, 6) is -0.897. The number of hydrogen-bond acceptors (Lipinski definition) is 6. The monoisotopic (exact) mass is 365 g/mol. The molecule has 2 aromatic rings. The number of pyridine rings is 1. The Morgan fingerprint density at radius 3 is 2.48 bits per heavy atom. The van der Waals surface area contributed by atoms with E-state index >= 15 is 0 Å². The lowest BCUT2D eigenvalue weighted by Gasteiger charge is -2.28. The fourth-order valence-corrected chi connectivity index (χ4v) is 4.03. The Bertz CT molecular complexity index is 809. The average molecular weight is 365 g/mol. The van der Waals surface area contributed by atoms with Crippen molar-refractivity contribution in [1.29, 1.82) is 0 Å². The van der Waals surface area contributed by atoms with Gasteiger partial charge in [-0.2, -0.15) is 4.31 Å². The highest BCUT2D eigenvalue weighted by Crippen LogP contribution is 2.24. The van der Waals surface area contributed by atoms with Gasteiger partial charge in [-0.15, -0.1) is 0 Å². The molecule has 0 fully saturated rings. The van der Waals surface area contributed by atoms with Crippen LogP contribution in [0.5, 0.6) is 5.75 Å². The molecule has 0 spiro atoms. The van der Waals surface area contributed by atoms with Crippen LogP contribution < -0.4 is 5.48 Å². The van der Waals surface area contributed by atoms with E-state index in [1.807, 2.05) is 0 Å². The van der Waals surface area contributed by atoms with E-state index in [0.29, 0.717) is 5.56 Å². The molecule has 25 heavy (non-hydrogen) atoms. The van der Waals surface area contributed by atoms with Crippen LogP contribution in [-0.2, 0) is 21.4 Å². The number of aromatic hydroxyl groups is 1. The number of hydroxylamine groups is 1. The molecular formula is C16H19N3O5S. The van der Waals surface area contributed by atoms with Gasteiger partial charge in [-0.25, -0.2) is 13.9 Å². The van der Waals surface area contributed by atoms with Gasteiger partial charge in [0.25, 0.3) is 5.91 Å². The van der Waals surface area contributed by atoms with E-state index < -0.39 is 22.0 Å². The lowest BCUT2D eigenvalue weighted by Crippen LogP contribution is -2.48. The van der Waals surface area contributed by atoms with Gasteiger partial charge in [-0.3, -0.25) is 15.0 Å². The van der Waals surface area contributed by atoms with Gasteiger partial charge in [0.2, 0.25) is 10.0 Å². The Balaban J connectivity index is 2.48. The molecule has 0 radical (unpaired) electrons. The zero-order valence-corrected chi connectivity index (χ0v) is 14.3. The molecule has 0 bridgehead atoms. The van der Waals surface area contributed by atoms with Crippen LogP contribution >= 0.6 is 0 Å². The zero-order valence-electron chi connectivity index (χ0n) is 13.5. The number of phenolic OH excluding ortho intramolecular Hbond substituents is 1. The summed E-state index contributed by atoms with van der Waals surface area (Å²) in [6, 6.07) is 7.26.